The van der Waals surface area contributed by atoms with E-state index < -0.39 is 0 Å². The number of rotatable bonds is 9. The number of hydrogen-bond acceptors (Lipinski definition) is 3. The summed E-state index contributed by atoms with van der Waals surface area (Å²) < 4.78 is 5.71. The van der Waals surface area contributed by atoms with E-state index in [1.165, 1.54) is 19.3 Å². The van der Waals surface area contributed by atoms with Crippen LogP contribution in [0.2, 0.25) is 0 Å². The Hall–Kier alpha value is -0.120. The van der Waals surface area contributed by atoms with E-state index in [-0.39, 0.29) is 0 Å². The van der Waals surface area contributed by atoms with Crippen molar-refractivity contribution in [2.75, 3.05) is 26.2 Å². The summed E-state index contributed by atoms with van der Waals surface area (Å²) >= 11 is 0. The van der Waals surface area contributed by atoms with Crippen molar-refractivity contribution in [1.82, 2.24) is 5.32 Å². The Labute approximate surface area is 113 Å². The van der Waals surface area contributed by atoms with E-state index in [0.29, 0.717) is 12.0 Å². The lowest BCUT2D eigenvalue weighted by molar-refractivity contribution is 0.0872. The monoisotopic (exact) mass is 256 g/mol. The third-order valence-electron chi connectivity index (χ3n) is 4.02. The second kappa shape index (κ2) is 8.89. The van der Waals surface area contributed by atoms with Crippen LogP contribution >= 0.6 is 0 Å². The molecular formula is C15H32N2O. The molecule has 0 bridgehead atoms. The Kier molecular flexibility index (Phi) is 7.87. The molecule has 0 radical (unpaired) electrons. The van der Waals surface area contributed by atoms with Gasteiger partial charge >= 0.3 is 0 Å². The molecule has 3 N–H and O–H groups in total. The predicted octanol–water partition coefficient (Wildman–Crippen LogP) is 2.40. The van der Waals surface area contributed by atoms with Gasteiger partial charge < -0.3 is 15.8 Å². The van der Waals surface area contributed by atoms with E-state index in [1.807, 2.05) is 0 Å². The van der Waals surface area contributed by atoms with E-state index in [4.69, 9.17) is 10.5 Å². The Morgan fingerprint density at radius 1 is 1.39 bits per heavy atom. The lowest BCUT2D eigenvalue weighted by Crippen LogP contribution is -2.30. The average Bonchev–Trinajstić information content (AvgIpc) is 2.79. The van der Waals surface area contributed by atoms with Gasteiger partial charge in [-0.15, -0.1) is 0 Å². The molecule has 3 heteroatoms. The average molecular weight is 256 g/mol. The summed E-state index contributed by atoms with van der Waals surface area (Å²) in [5, 5.41) is 3.59. The zero-order valence-electron chi connectivity index (χ0n) is 12.5. The standard InChI is InChI=1S/C15H32N2O/c1-4-15-14(6-8-18-15)11-17-7-5-13(10-16)9-12(2)3/h12-15,17H,4-11,16H2,1-3H3. The maximum Gasteiger partial charge on any atom is 0.0613 e. The van der Waals surface area contributed by atoms with Crippen molar-refractivity contribution in [3.63, 3.8) is 0 Å². The molecule has 1 saturated heterocycles. The molecule has 0 spiro atoms. The van der Waals surface area contributed by atoms with Gasteiger partial charge in [0.15, 0.2) is 0 Å². The first kappa shape index (κ1) is 15.9. The molecule has 1 heterocycles. The van der Waals surface area contributed by atoms with Crippen LogP contribution in [0.5, 0.6) is 0 Å². The zero-order chi connectivity index (χ0) is 13.4. The van der Waals surface area contributed by atoms with Crippen LogP contribution in [0, 0.1) is 17.8 Å². The molecule has 0 amide bonds. The summed E-state index contributed by atoms with van der Waals surface area (Å²) in [6.45, 7) is 10.7. The second-order valence-electron chi connectivity index (χ2n) is 6.09. The molecule has 1 fully saturated rings. The lowest BCUT2D eigenvalue weighted by Gasteiger charge is -2.20. The zero-order valence-corrected chi connectivity index (χ0v) is 12.5. The van der Waals surface area contributed by atoms with E-state index in [9.17, 15) is 0 Å². The molecule has 1 aliphatic rings. The normalized spacial score (nSPS) is 25.8. The van der Waals surface area contributed by atoms with Gasteiger partial charge in [0, 0.05) is 13.2 Å². The summed E-state index contributed by atoms with van der Waals surface area (Å²) in [5.41, 5.74) is 5.82. The molecule has 1 rings (SSSR count). The highest BCUT2D eigenvalue weighted by atomic mass is 16.5. The third kappa shape index (κ3) is 5.68. The van der Waals surface area contributed by atoms with Crippen molar-refractivity contribution in [3.8, 4) is 0 Å². The summed E-state index contributed by atoms with van der Waals surface area (Å²) in [4.78, 5) is 0. The van der Waals surface area contributed by atoms with Crippen molar-refractivity contribution in [1.29, 1.82) is 0 Å². The lowest BCUT2D eigenvalue weighted by atomic mass is 9.94. The SMILES string of the molecule is CCC1OCCC1CNCCC(CN)CC(C)C. The van der Waals surface area contributed by atoms with Gasteiger partial charge in [-0.25, -0.2) is 0 Å². The molecule has 3 unspecified atom stereocenters. The first-order valence-corrected chi connectivity index (χ1v) is 7.69. The van der Waals surface area contributed by atoms with Crippen LogP contribution in [-0.2, 0) is 4.74 Å². The number of nitrogens with one attached hydrogen (secondary N) is 1. The molecule has 3 atom stereocenters. The number of ether oxygens (including phenoxy) is 1. The predicted molar refractivity (Wildman–Crippen MR) is 77.6 cm³/mol. The van der Waals surface area contributed by atoms with Gasteiger partial charge in [0.2, 0.25) is 0 Å². The minimum Gasteiger partial charge on any atom is -0.378 e. The van der Waals surface area contributed by atoms with Gasteiger partial charge in [0.1, 0.15) is 0 Å². The highest BCUT2D eigenvalue weighted by Crippen LogP contribution is 2.22. The third-order valence-corrected chi connectivity index (χ3v) is 4.02. The maximum atomic E-state index is 5.82. The van der Waals surface area contributed by atoms with Crippen molar-refractivity contribution in [2.24, 2.45) is 23.5 Å². The van der Waals surface area contributed by atoms with Crippen LogP contribution in [0.3, 0.4) is 0 Å². The Morgan fingerprint density at radius 3 is 2.78 bits per heavy atom. The molecule has 0 aromatic rings. The van der Waals surface area contributed by atoms with Gasteiger partial charge in [0.05, 0.1) is 6.10 Å². The maximum absolute atomic E-state index is 5.82. The van der Waals surface area contributed by atoms with Crippen molar-refractivity contribution in [3.05, 3.63) is 0 Å². The largest absolute Gasteiger partial charge is 0.378 e. The Morgan fingerprint density at radius 2 is 2.17 bits per heavy atom. The van der Waals surface area contributed by atoms with E-state index in [2.05, 4.69) is 26.1 Å². The molecule has 0 saturated carbocycles. The van der Waals surface area contributed by atoms with E-state index >= 15 is 0 Å². The second-order valence-corrected chi connectivity index (χ2v) is 6.09. The fraction of sp³-hybridized carbons (Fsp3) is 1.00. The first-order valence-electron chi connectivity index (χ1n) is 7.69. The Bertz CT molecular complexity index is 209. The minimum absolute atomic E-state index is 0.485. The van der Waals surface area contributed by atoms with Crippen LogP contribution in [0.15, 0.2) is 0 Å². The molecule has 1 aliphatic heterocycles. The smallest absolute Gasteiger partial charge is 0.0613 e. The highest BCUT2D eigenvalue weighted by molar-refractivity contribution is 4.77. The molecule has 0 aliphatic carbocycles. The van der Waals surface area contributed by atoms with Gasteiger partial charge in [-0.05, 0) is 56.5 Å². The molecule has 0 aromatic heterocycles. The van der Waals surface area contributed by atoms with E-state index in [0.717, 1.165) is 44.5 Å². The van der Waals surface area contributed by atoms with Crippen molar-refractivity contribution >= 4 is 0 Å². The van der Waals surface area contributed by atoms with Crippen LogP contribution in [0.1, 0.15) is 46.5 Å². The van der Waals surface area contributed by atoms with Crippen molar-refractivity contribution in [2.45, 2.75) is 52.6 Å². The molecule has 0 aromatic carbocycles. The summed E-state index contributed by atoms with van der Waals surface area (Å²) in [5.74, 6) is 2.15. The topological polar surface area (TPSA) is 47.3 Å². The quantitative estimate of drug-likeness (QED) is 0.623. The van der Waals surface area contributed by atoms with Crippen LogP contribution in [-0.4, -0.2) is 32.3 Å². The van der Waals surface area contributed by atoms with Gasteiger partial charge in [0.25, 0.3) is 0 Å². The van der Waals surface area contributed by atoms with E-state index in [1.54, 1.807) is 0 Å². The van der Waals surface area contributed by atoms with Gasteiger partial charge in [-0.1, -0.05) is 20.8 Å². The first-order chi connectivity index (χ1) is 8.67. The fourth-order valence-corrected chi connectivity index (χ4v) is 2.97. The van der Waals surface area contributed by atoms with Crippen LogP contribution < -0.4 is 11.1 Å². The molecular weight excluding hydrogens is 224 g/mol. The number of nitrogens with two attached hydrogens (primary N) is 1. The fourth-order valence-electron chi connectivity index (χ4n) is 2.97. The van der Waals surface area contributed by atoms with Gasteiger partial charge in [-0.2, -0.15) is 0 Å². The highest BCUT2D eigenvalue weighted by Gasteiger charge is 2.25. The summed E-state index contributed by atoms with van der Waals surface area (Å²) in [6.07, 6.45) is 5.31. The number of hydrogen-bond donors (Lipinski definition) is 2. The van der Waals surface area contributed by atoms with Gasteiger partial charge in [-0.3, -0.25) is 0 Å². The Balaban J connectivity index is 2.10. The molecule has 108 valence electrons. The molecule has 18 heavy (non-hydrogen) atoms. The van der Waals surface area contributed by atoms with Crippen LogP contribution in [0.25, 0.3) is 0 Å². The molecule has 3 nitrogen and oxygen atoms in total. The summed E-state index contributed by atoms with van der Waals surface area (Å²) in [6, 6.07) is 0. The van der Waals surface area contributed by atoms with Crippen LogP contribution in [0.4, 0.5) is 0 Å². The van der Waals surface area contributed by atoms with Crippen molar-refractivity contribution < 1.29 is 4.74 Å². The minimum atomic E-state index is 0.485. The summed E-state index contributed by atoms with van der Waals surface area (Å²) in [7, 11) is 0.